The van der Waals surface area contributed by atoms with E-state index in [1.165, 1.54) is 18.9 Å². The average Bonchev–Trinajstić information content (AvgIpc) is 2.75. The van der Waals surface area contributed by atoms with Crippen molar-refractivity contribution in [2.75, 3.05) is 7.11 Å². The molecule has 2 N–H and O–H groups in total. The molecule has 2 rings (SSSR count). The predicted octanol–water partition coefficient (Wildman–Crippen LogP) is 2.76. The molecule has 1 saturated heterocycles. The number of carbonyl (C=O) groups is 1. The summed E-state index contributed by atoms with van der Waals surface area (Å²) in [6.45, 7) is 1.93. The fraction of sp³-hybridized carbons (Fsp3) is 0.286. The molecular formula is C14H15NO3S2. The number of aryl methyl sites for hydroxylation is 1. The Balaban J connectivity index is 2.05. The number of phenols is 1. The van der Waals surface area contributed by atoms with Crippen LogP contribution in [0.1, 0.15) is 18.9 Å². The van der Waals surface area contributed by atoms with Crippen molar-refractivity contribution in [3.8, 4) is 11.5 Å². The van der Waals surface area contributed by atoms with Gasteiger partial charge in [0.05, 0.1) is 12.0 Å². The summed E-state index contributed by atoms with van der Waals surface area (Å²) in [5.74, 6) is 0.472. The molecule has 0 aliphatic carbocycles. The van der Waals surface area contributed by atoms with Crippen molar-refractivity contribution >= 4 is 34.2 Å². The van der Waals surface area contributed by atoms with Crippen LogP contribution in [0.4, 0.5) is 0 Å². The van der Waals surface area contributed by atoms with E-state index in [1.807, 2.05) is 13.0 Å². The molecule has 0 aromatic heterocycles. The molecule has 0 unspecified atom stereocenters. The van der Waals surface area contributed by atoms with Gasteiger partial charge in [-0.05, 0) is 37.5 Å². The lowest BCUT2D eigenvalue weighted by molar-refractivity contribution is -0.115. The van der Waals surface area contributed by atoms with E-state index in [2.05, 4.69) is 5.32 Å². The first-order valence-electron chi connectivity index (χ1n) is 6.10. The SMILES string of the molecule is COc1ccc(CC/C(C)=C2\SC(=S)NC2=O)cc1O. The zero-order valence-electron chi connectivity index (χ0n) is 11.2. The Bertz CT molecular complexity index is 596. The van der Waals surface area contributed by atoms with Crippen LogP contribution in [0, 0.1) is 0 Å². The Kier molecular flexibility index (Phi) is 4.67. The molecule has 4 nitrogen and oxygen atoms in total. The zero-order valence-corrected chi connectivity index (χ0v) is 12.9. The van der Waals surface area contributed by atoms with Crippen LogP contribution in [0.2, 0.25) is 0 Å². The van der Waals surface area contributed by atoms with Crippen LogP contribution in [0.5, 0.6) is 11.5 Å². The molecule has 0 bridgehead atoms. The van der Waals surface area contributed by atoms with Gasteiger partial charge >= 0.3 is 0 Å². The third-order valence-electron chi connectivity index (χ3n) is 3.04. The van der Waals surface area contributed by atoms with Crippen LogP contribution in [0.15, 0.2) is 28.7 Å². The fourth-order valence-corrected chi connectivity index (χ4v) is 3.02. The number of ether oxygens (including phenoxy) is 1. The van der Waals surface area contributed by atoms with Gasteiger partial charge in [-0.15, -0.1) is 0 Å². The number of hydrogen-bond acceptors (Lipinski definition) is 5. The summed E-state index contributed by atoms with van der Waals surface area (Å²) in [5.41, 5.74) is 2.00. The number of phenolic OH excluding ortho intramolecular Hbond substituents is 1. The largest absolute Gasteiger partial charge is 0.504 e. The van der Waals surface area contributed by atoms with Crippen molar-refractivity contribution in [3.63, 3.8) is 0 Å². The van der Waals surface area contributed by atoms with Gasteiger partial charge in [0.2, 0.25) is 0 Å². The first kappa shape index (κ1) is 14.9. The lowest BCUT2D eigenvalue weighted by Crippen LogP contribution is -2.18. The second-order valence-corrected chi connectivity index (χ2v) is 6.15. The highest BCUT2D eigenvalue weighted by Gasteiger charge is 2.24. The van der Waals surface area contributed by atoms with E-state index < -0.39 is 0 Å². The number of aromatic hydroxyl groups is 1. The number of allylic oxidation sites excluding steroid dienone is 1. The quantitative estimate of drug-likeness (QED) is 0.661. The molecular weight excluding hydrogens is 294 g/mol. The highest BCUT2D eigenvalue weighted by molar-refractivity contribution is 8.26. The van der Waals surface area contributed by atoms with Gasteiger partial charge in [-0.1, -0.05) is 35.6 Å². The van der Waals surface area contributed by atoms with Gasteiger partial charge in [0.25, 0.3) is 5.91 Å². The van der Waals surface area contributed by atoms with Gasteiger partial charge in [-0.25, -0.2) is 0 Å². The van der Waals surface area contributed by atoms with Crippen molar-refractivity contribution in [1.82, 2.24) is 5.32 Å². The van der Waals surface area contributed by atoms with Crippen LogP contribution in [0.3, 0.4) is 0 Å². The van der Waals surface area contributed by atoms with Crippen LogP contribution >= 0.6 is 24.0 Å². The summed E-state index contributed by atoms with van der Waals surface area (Å²) in [6, 6.07) is 5.32. The molecule has 1 fully saturated rings. The lowest BCUT2D eigenvalue weighted by Gasteiger charge is -2.07. The van der Waals surface area contributed by atoms with Crippen LogP contribution in [0.25, 0.3) is 0 Å². The lowest BCUT2D eigenvalue weighted by atomic mass is 10.0. The summed E-state index contributed by atoms with van der Waals surface area (Å²) in [6.07, 6.45) is 1.48. The number of hydrogen-bond donors (Lipinski definition) is 2. The van der Waals surface area contributed by atoms with Crippen molar-refractivity contribution in [1.29, 1.82) is 0 Å². The van der Waals surface area contributed by atoms with E-state index in [0.29, 0.717) is 15.0 Å². The molecule has 106 valence electrons. The molecule has 1 aromatic carbocycles. The Morgan fingerprint density at radius 3 is 2.80 bits per heavy atom. The smallest absolute Gasteiger partial charge is 0.263 e. The van der Waals surface area contributed by atoms with E-state index in [4.69, 9.17) is 17.0 Å². The number of thioether (sulfide) groups is 1. The van der Waals surface area contributed by atoms with Crippen molar-refractivity contribution in [2.45, 2.75) is 19.8 Å². The highest BCUT2D eigenvalue weighted by Crippen LogP contribution is 2.30. The van der Waals surface area contributed by atoms with Gasteiger partial charge in [0, 0.05) is 0 Å². The number of carbonyl (C=O) groups excluding carboxylic acids is 1. The second-order valence-electron chi connectivity index (χ2n) is 4.46. The number of nitrogens with one attached hydrogen (secondary N) is 1. The summed E-state index contributed by atoms with van der Waals surface area (Å²) < 4.78 is 5.51. The van der Waals surface area contributed by atoms with E-state index in [-0.39, 0.29) is 11.7 Å². The zero-order chi connectivity index (χ0) is 14.7. The number of amides is 1. The van der Waals surface area contributed by atoms with E-state index in [0.717, 1.165) is 24.0 Å². The number of methoxy groups -OCH3 is 1. The minimum absolute atomic E-state index is 0.116. The van der Waals surface area contributed by atoms with Gasteiger partial charge in [-0.2, -0.15) is 0 Å². The molecule has 0 radical (unpaired) electrons. The molecule has 20 heavy (non-hydrogen) atoms. The van der Waals surface area contributed by atoms with Crippen molar-refractivity contribution in [2.24, 2.45) is 0 Å². The van der Waals surface area contributed by atoms with Crippen LogP contribution in [-0.2, 0) is 11.2 Å². The van der Waals surface area contributed by atoms with Gasteiger partial charge in [-0.3, -0.25) is 4.79 Å². The number of rotatable bonds is 4. The highest BCUT2D eigenvalue weighted by atomic mass is 32.2. The van der Waals surface area contributed by atoms with Crippen LogP contribution in [-0.4, -0.2) is 22.4 Å². The Morgan fingerprint density at radius 2 is 2.25 bits per heavy atom. The van der Waals surface area contributed by atoms with Gasteiger partial charge in [0.1, 0.15) is 4.32 Å². The molecule has 6 heteroatoms. The molecule has 1 amide bonds. The van der Waals surface area contributed by atoms with Gasteiger partial charge in [0.15, 0.2) is 11.5 Å². The van der Waals surface area contributed by atoms with Crippen LogP contribution < -0.4 is 10.1 Å². The normalized spacial score (nSPS) is 17.1. The molecule has 1 aliphatic rings. The minimum Gasteiger partial charge on any atom is -0.504 e. The monoisotopic (exact) mass is 309 g/mol. The maximum Gasteiger partial charge on any atom is 0.263 e. The third-order valence-corrected chi connectivity index (χ3v) is 4.41. The summed E-state index contributed by atoms with van der Waals surface area (Å²) >= 11 is 6.27. The maximum atomic E-state index is 11.6. The first-order valence-corrected chi connectivity index (χ1v) is 7.32. The summed E-state index contributed by atoms with van der Waals surface area (Å²) in [4.78, 5) is 12.3. The third kappa shape index (κ3) is 3.32. The average molecular weight is 309 g/mol. The van der Waals surface area contributed by atoms with E-state index >= 15 is 0 Å². The fourth-order valence-electron chi connectivity index (χ4n) is 1.93. The molecule has 0 atom stereocenters. The number of thiocarbonyl (C=S) groups is 1. The number of benzene rings is 1. The van der Waals surface area contributed by atoms with Crippen molar-refractivity contribution in [3.05, 3.63) is 34.2 Å². The topological polar surface area (TPSA) is 58.6 Å². The predicted molar refractivity (Wildman–Crippen MR) is 84.0 cm³/mol. The molecule has 1 aliphatic heterocycles. The molecule has 1 heterocycles. The second kappa shape index (κ2) is 6.28. The van der Waals surface area contributed by atoms with E-state index in [1.54, 1.807) is 12.1 Å². The van der Waals surface area contributed by atoms with Crippen molar-refractivity contribution < 1.29 is 14.6 Å². The Labute approximate surface area is 127 Å². The Hall–Kier alpha value is -1.53. The Morgan fingerprint density at radius 1 is 1.50 bits per heavy atom. The summed E-state index contributed by atoms with van der Waals surface area (Å²) in [5, 5.41) is 12.3. The molecule has 0 spiro atoms. The van der Waals surface area contributed by atoms with E-state index in [9.17, 15) is 9.90 Å². The maximum absolute atomic E-state index is 11.6. The molecule has 1 aromatic rings. The van der Waals surface area contributed by atoms with Gasteiger partial charge < -0.3 is 15.2 Å². The minimum atomic E-state index is -0.116. The molecule has 0 saturated carbocycles. The first-order chi connectivity index (χ1) is 9.51. The summed E-state index contributed by atoms with van der Waals surface area (Å²) in [7, 11) is 1.52. The standard InChI is InChI=1S/C14H15NO3S2/c1-8(12-13(17)15-14(19)20-12)3-4-9-5-6-11(18-2)10(16)7-9/h5-7,16H,3-4H2,1-2H3,(H,15,17,19)/b12-8-.